The number of rotatable bonds is 3. The topological polar surface area (TPSA) is 57.6 Å². The van der Waals surface area contributed by atoms with Gasteiger partial charge in [-0.3, -0.25) is 14.2 Å². The molecule has 0 fully saturated rings. The summed E-state index contributed by atoms with van der Waals surface area (Å²) in [6.07, 6.45) is 0. The number of benzene rings is 1. The SMILES string of the molecule is CCn1nnc(C)c1Cn1c2ccccc2c(=O)n1C. The van der Waals surface area contributed by atoms with E-state index in [1.165, 1.54) is 0 Å². The highest BCUT2D eigenvalue weighted by Gasteiger charge is 2.14. The zero-order chi connectivity index (χ0) is 14.3. The van der Waals surface area contributed by atoms with Crippen molar-refractivity contribution in [2.24, 2.45) is 7.05 Å². The van der Waals surface area contributed by atoms with Gasteiger partial charge in [-0.25, -0.2) is 4.68 Å². The van der Waals surface area contributed by atoms with Crippen molar-refractivity contribution in [1.82, 2.24) is 24.4 Å². The molecular weight excluding hydrogens is 254 g/mol. The summed E-state index contributed by atoms with van der Waals surface area (Å²) in [4.78, 5) is 12.2. The molecule has 0 spiro atoms. The first-order valence-corrected chi connectivity index (χ1v) is 6.67. The van der Waals surface area contributed by atoms with Gasteiger partial charge in [0.2, 0.25) is 0 Å². The van der Waals surface area contributed by atoms with Crippen LogP contribution in [0.3, 0.4) is 0 Å². The van der Waals surface area contributed by atoms with E-state index in [0.717, 1.165) is 28.8 Å². The lowest BCUT2D eigenvalue weighted by Gasteiger charge is -2.10. The van der Waals surface area contributed by atoms with Crippen LogP contribution in [0.15, 0.2) is 29.1 Å². The lowest BCUT2D eigenvalue weighted by atomic mass is 10.2. The molecule has 0 aliphatic heterocycles. The smallest absolute Gasteiger partial charge is 0.274 e. The van der Waals surface area contributed by atoms with Crippen LogP contribution in [-0.2, 0) is 20.1 Å². The number of fused-ring (bicyclic) bond motifs is 1. The highest BCUT2D eigenvalue weighted by Crippen LogP contribution is 2.14. The lowest BCUT2D eigenvalue weighted by Crippen LogP contribution is -2.21. The van der Waals surface area contributed by atoms with Crippen molar-refractivity contribution >= 4 is 10.9 Å². The van der Waals surface area contributed by atoms with Crippen LogP contribution < -0.4 is 5.56 Å². The van der Waals surface area contributed by atoms with Gasteiger partial charge in [0.25, 0.3) is 5.56 Å². The average Bonchev–Trinajstić information content (AvgIpc) is 2.93. The van der Waals surface area contributed by atoms with Gasteiger partial charge in [0.15, 0.2) is 0 Å². The van der Waals surface area contributed by atoms with Gasteiger partial charge in [0.05, 0.1) is 28.8 Å². The molecule has 0 bridgehead atoms. The molecule has 0 unspecified atom stereocenters. The molecule has 0 aliphatic rings. The fraction of sp³-hybridized carbons (Fsp3) is 0.357. The van der Waals surface area contributed by atoms with E-state index in [-0.39, 0.29) is 5.56 Å². The molecule has 0 radical (unpaired) electrons. The van der Waals surface area contributed by atoms with Gasteiger partial charge in [-0.15, -0.1) is 5.10 Å². The second-order valence-electron chi connectivity index (χ2n) is 4.84. The Morgan fingerprint density at radius 1 is 1.25 bits per heavy atom. The Kier molecular flexibility index (Phi) is 2.93. The minimum atomic E-state index is 0.0220. The standard InChI is InChI=1S/C14H17N5O/c1-4-18-13(10(2)15-16-18)9-19-12-8-6-5-7-11(12)14(20)17(19)3/h5-8H,4,9H2,1-3H3. The number of para-hydroxylation sites is 1. The van der Waals surface area contributed by atoms with E-state index < -0.39 is 0 Å². The fourth-order valence-corrected chi connectivity index (χ4v) is 2.53. The minimum Gasteiger partial charge on any atom is -0.276 e. The summed E-state index contributed by atoms with van der Waals surface area (Å²) < 4.78 is 5.49. The van der Waals surface area contributed by atoms with Gasteiger partial charge >= 0.3 is 0 Å². The average molecular weight is 271 g/mol. The first-order chi connectivity index (χ1) is 9.63. The summed E-state index contributed by atoms with van der Waals surface area (Å²) in [6, 6.07) is 7.65. The number of hydrogen-bond acceptors (Lipinski definition) is 3. The van der Waals surface area contributed by atoms with E-state index in [1.54, 1.807) is 11.7 Å². The number of hydrogen-bond donors (Lipinski definition) is 0. The van der Waals surface area contributed by atoms with Crippen LogP contribution in [0.25, 0.3) is 10.9 Å². The first kappa shape index (κ1) is 12.7. The maximum atomic E-state index is 12.2. The third-order valence-corrected chi connectivity index (χ3v) is 3.70. The van der Waals surface area contributed by atoms with Crippen LogP contribution in [0.5, 0.6) is 0 Å². The van der Waals surface area contributed by atoms with Gasteiger partial charge in [0, 0.05) is 13.6 Å². The van der Waals surface area contributed by atoms with Crippen molar-refractivity contribution in [3.8, 4) is 0 Å². The molecule has 3 aromatic rings. The lowest BCUT2D eigenvalue weighted by molar-refractivity contribution is 0.514. The highest BCUT2D eigenvalue weighted by atomic mass is 16.1. The van der Waals surface area contributed by atoms with Crippen LogP contribution in [0.1, 0.15) is 18.3 Å². The summed E-state index contributed by atoms with van der Waals surface area (Å²) in [5.74, 6) is 0. The summed E-state index contributed by atoms with van der Waals surface area (Å²) in [5, 5.41) is 8.96. The molecule has 104 valence electrons. The molecular formula is C14H17N5O. The Balaban J connectivity index is 2.18. The van der Waals surface area contributed by atoms with Crippen LogP contribution in [0.4, 0.5) is 0 Å². The van der Waals surface area contributed by atoms with Crippen molar-refractivity contribution in [3.63, 3.8) is 0 Å². The summed E-state index contributed by atoms with van der Waals surface area (Å²) >= 11 is 0. The van der Waals surface area contributed by atoms with Gasteiger partial charge in [0.1, 0.15) is 0 Å². The molecule has 6 heteroatoms. The molecule has 0 aliphatic carbocycles. The second-order valence-corrected chi connectivity index (χ2v) is 4.84. The molecule has 0 saturated heterocycles. The molecule has 6 nitrogen and oxygen atoms in total. The van der Waals surface area contributed by atoms with Crippen molar-refractivity contribution in [1.29, 1.82) is 0 Å². The Morgan fingerprint density at radius 2 is 2.00 bits per heavy atom. The third-order valence-electron chi connectivity index (χ3n) is 3.70. The summed E-state index contributed by atoms with van der Waals surface area (Å²) in [6.45, 7) is 5.33. The van der Waals surface area contributed by atoms with Gasteiger partial charge < -0.3 is 0 Å². The number of aryl methyl sites for hydroxylation is 2. The zero-order valence-corrected chi connectivity index (χ0v) is 11.9. The number of aromatic nitrogens is 5. The Labute approximate surface area is 116 Å². The minimum absolute atomic E-state index is 0.0220. The van der Waals surface area contributed by atoms with E-state index in [0.29, 0.717) is 6.54 Å². The first-order valence-electron chi connectivity index (χ1n) is 6.67. The monoisotopic (exact) mass is 271 g/mol. The predicted molar refractivity (Wildman–Crippen MR) is 76.7 cm³/mol. The molecule has 0 amide bonds. The molecule has 20 heavy (non-hydrogen) atoms. The largest absolute Gasteiger partial charge is 0.276 e. The number of nitrogens with zero attached hydrogens (tertiary/aromatic N) is 5. The zero-order valence-electron chi connectivity index (χ0n) is 11.9. The van der Waals surface area contributed by atoms with Gasteiger partial charge in [-0.1, -0.05) is 17.3 Å². The van der Waals surface area contributed by atoms with Crippen LogP contribution in [0, 0.1) is 6.92 Å². The third kappa shape index (κ3) is 1.76. The maximum absolute atomic E-state index is 12.2. The molecule has 0 N–H and O–H groups in total. The highest BCUT2D eigenvalue weighted by molar-refractivity contribution is 5.78. The summed E-state index contributed by atoms with van der Waals surface area (Å²) in [7, 11) is 1.79. The molecule has 2 heterocycles. The Hall–Kier alpha value is -2.37. The molecule has 2 aromatic heterocycles. The van der Waals surface area contributed by atoms with E-state index >= 15 is 0 Å². The van der Waals surface area contributed by atoms with E-state index in [2.05, 4.69) is 10.3 Å². The summed E-state index contributed by atoms with van der Waals surface area (Å²) in [5.41, 5.74) is 2.89. The molecule has 3 rings (SSSR count). The van der Waals surface area contributed by atoms with E-state index in [4.69, 9.17) is 0 Å². The Morgan fingerprint density at radius 3 is 2.75 bits per heavy atom. The van der Waals surface area contributed by atoms with E-state index in [9.17, 15) is 4.79 Å². The predicted octanol–water partition coefficient (Wildman–Crippen LogP) is 1.31. The van der Waals surface area contributed by atoms with Crippen LogP contribution in [0.2, 0.25) is 0 Å². The van der Waals surface area contributed by atoms with Crippen molar-refractivity contribution in [3.05, 3.63) is 46.0 Å². The van der Waals surface area contributed by atoms with Crippen molar-refractivity contribution in [2.75, 3.05) is 0 Å². The van der Waals surface area contributed by atoms with Gasteiger partial charge in [-0.2, -0.15) is 0 Å². The maximum Gasteiger partial charge on any atom is 0.274 e. The van der Waals surface area contributed by atoms with Crippen molar-refractivity contribution in [2.45, 2.75) is 26.9 Å². The molecule has 0 atom stereocenters. The van der Waals surface area contributed by atoms with Crippen molar-refractivity contribution < 1.29 is 0 Å². The normalized spacial score (nSPS) is 11.3. The van der Waals surface area contributed by atoms with Crippen LogP contribution in [-0.4, -0.2) is 24.4 Å². The quantitative estimate of drug-likeness (QED) is 0.721. The molecule has 1 aromatic carbocycles. The van der Waals surface area contributed by atoms with E-state index in [1.807, 2.05) is 47.5 Å². The fourth-order valence-electron chi connectivity index (χ4n) is 2.53. The second kappa shape index (κ2) is 4.63. The van der Waals surface area contributed by atoms with Gasteiger partial charge in [-0.05, 0) is 26.0 Å². The van der Waals surface area contributed by atoms with Crippen LogP contribution >= 0.6 is 0 Å². The Bertz CT molecular complexity index is 824. The molecule has 0 saturated carbocycles.